The predicted molar refractivity (Wildman–Crippen MR) is 111 cm³/mol. The number of thiazole rings is 1. The molecule has 3 aromatic rings. The van der Waals surface area contributed by atoms with Crippen molar-refractivity contribution in [1.29, 1.82) is 0 Å². The summed E-state index contributed by atoms with van der Waals surface area (Å²) >= 11 is 4.72. The fourth-order valence-corrected chi connectivity index (χ4v) is 4.29. The van der Waals surface area contributed by atoms with Crippen LogP contribution in [0.4, 0.5) is 0 Å². The number of amides is 1. The van der Waals surface area contributed by atoms with Gasteiger partial charge in [0.1, 0.15) is 13.2 Å². The molecule has 0 atom stereocenters. The van der Waals surface area contributed by atoms with Crippen molar-refractivity contribution in [1.82, 2.24) is 4.57 Å². The third kappa shape index (κ3) is 4.20. The Balaban J connectivity index is 1.81. The Morgan fingerprint density at radius 2 is 1.86 bits per heavy atom. The molecule has 0 radical (unpaired) electrons. The minimum absolute atomic E-state index is 0.163. The number of carbonyl (C=O) groups is 2. The smallest absolute Gasteiger partial charge is 0.307 e. The highest BCUT2D eigenvalue weighted by Crippen LogP contribution is 2.35. The molecule has 9 heteroatoms. The largest absolute Gasteiger partial charge is 0.486 e. The number of halogens is 1. The second-order valence-electron chi connectivity index (χ2n) is 6.25. The summed E-state index contributed by atoms with van der Waals surface area (Å²) in [5.74, 6) is 0.614. The van der Waals surface area contributed by atoms with E-state index in [1.807, 2.05) is 16.7 Å². The van der Waals surface area contributed by atoms with Crippen LogP contribution in [0.3, 0.4) is 0 Å². The summed E-state index contributed by atoms with van der Waals surface area (Å²) in [7, 11) is 1.35. The SMILES string of the molecule is COC(=O)CCn1c(=NC(=O)c2ccc(Br)cc2)sc2cc3c(cc21)OCCO3. The van der Waals surface area contributed by atoms with Gasteiger partial charge in [-0.15, -0.1) is 0 Å². The van der Waals surface area contributed by atoms with E-state index >= 15 is 0 Å². The highest BCUT2D eigenvalue weighted by Gasteiger charge is 2.17. The Morgan fingerprint density at radius 3 is 2.55 bits per heavy atom. The molecule has 2 aromatic carbocycles. The van der Waals surface area contributed by atoms with Gasteiger partial charge in [0.25, 0.3) is 5.91 Å². The van der Waals surface area contributed by atoms with E-state index in [4.69, 9.17) is 14.2 Å². The fraction of sp³-hybridized carbons (Fsp3) is 0.250. The molecule has 0 aliphatic carbocycles. The zero-order chi connectivity index (χ0) is 20.4. The van der Waals surface area contributed by atoms with Crippen molar-refractivity contribution >= 4 is 49.4 Å². The normalized spacial score (nSPS) is 13.5. The van der Waals surface area contributed by atoms with Crippen LogP contribution >= 0.6 is 27.3 Å². The molecule has 150 valence electrons. The molecule has 1 aliphatic rings. The second kappa shape index (κ2) is 8.38. The molecule has 0 spiro atoms. The number of benzene rings is 2. The summed E-state index contributed by atoms with van der Waals surface area (Å²) in [6, 6.07) is 10.8. The van der Waals surface area contributed by atoms with Crippen molar-refractivity contribution in [2.24, 2.45) is 4.99 Å². The first-order valence-electron chi connectivity index (χ1n) is 8.89. The number of aryl methyl sites for hydroxylation is 1. The first-order valence-corrected chi connectivity index (χ1v) is 10.5. The quantitative estimate of drug-likeness (QED) is 0.538. The standard InChI is InChI=1S/C20H17BrN2O5S/c1-26-18(24)6-7-23-14-10-15-16(28-9-8-27-15)11-17(14)29-20(23)22-19(25)12-2-4-13(21)5-3-12/h2-5,10-11H,6-9H2,1H3. The molecule has 0 saturated carbocycles. The number of nitrogens with zero attached hydrogens (tertiary/aromatic N) is 2. The number of ether oxygens (including phenoxy) is 3. The summed E-state index contributed by atoms with van der Waals surface area (Å²) in [6.07, 6.45) is 0.163. The summed E-state index contributed by atoms with van der Waals surface area (Å²) in [5, 5.41) is 0. The van der Waals surface area contributed by atoms with Crippen LogP contribution in [0, 0.1) is 0 Å². The summed E-state index contributed by atoms with van der Waals surface area (Å²) in [6.45, 7) is 1.30. The van der Waals surface area contributed by atoms with Crippen molar-refractivity contribution in [3.8, 4) is 11.5 Å². The number of hydrogen-bond acceptors (Lipinski definition) is 6. The van der Waals surface area contributed by atoms with Crippen molar-refractivity contribution in [3.05, 3.63) is 51.2 Å². The number of hydrogen-bond donors (Lipinski definition) is 0. The number of fused-ring (bicyclic) bond motifs is 2. The topological polar surface area (TPSA) is 79.1 Å². The van der Waals surface area contributed by atoms with Crippen LogP contribution in [-0.4, -0.2) is 36.8 Å². The zero-order valence-electron chi connectivity index (χ0n) is 15.5. The Bertz CT molecular complexity index is 1150. The van der Waals surface area contributed by atoms with E-state index in [-0.39, 0.29) is 18.3 Å². The summed E-state index contributed by atoms with van der Waals surface area (Å²) in [5.41, 5.74) is 1.31. The Morgan fingerprint density at radius 1 is 1.17 bits per heavy atom. The average Bonchev–Trinajstić information content (AvgIpc) is 3.06. The minimum Gasteiger partial charge on any atom is -0.486 e. The van der Waals surface area contributed by atoms with E-state index in [1.165, 1.54) is 18.4 Å². The Hall–Kier alpha value is -2.65. The lowest BCUT2D eigenvalue weighted by Crippen LogP contribution is -2.19. The Labute approximate surface area is 178 Å². The van der Waals surface area contributed by atoms with Crippen molar-refractivity contribution < 1.29 is 23.8 Å². The van der Waals surface area contributed by atoms with Crippen LogP contribution in [0.25, 0.3) is 10.2 Å². The molecule has 0 fully saturated rings. The third-order valence-electron chi connectivity index (χ3n) is 4.40. The number of esters is 1. The van der Waals surface area contributed by atoms with E-state index in [2.05, 4.69) is 20.9 Å². The van der Waals surface area contributed by atoms with Gasteiger partial charge in [-0.3, -0.25) is 9.59 Å². The van der Waals surface area contributed by atoms with Gasteiger partial charge in [-0.1, -0.05) is 27.3 Å². The molecule has 29 heavy (non-hydrogen) atoms. The third-order valence-corrected chi connectivity index (χ3v) is 5.97. The van der Waals surface area contributed by atoms with E-state index < -0.39 is 0 Å². The number of carbonyl (C=O) groups excluding carboxylic acids is 2. The zero-order valence-corrected chi connectivity index (χ0v) is 17.9. The maximum Gasteiger partial charge on any atom is 0.307 e. The van der Waals surface area contributed by atoms with Crippen LogP contribution in [-0.2, 0) is 16.1 Å². The molecule has 1 amide bonds. The summed E-state index contributed by atoms with van der Waals surface area (Å²) < 4.78 is 19.7. The molecule has 1 aromatic heterocycles. The number of methoxy groups -OCH3 is 1. The van der Waals surface area contributed by atoms with Gasteiger partial charge in [0.05, 0.1) is 23.7 Å². The number of aromatic nitrogens is 1. The van der Waals surface area contributed by atoms with Gasteiger partial charge in [0, 0.05) is 28.7 Å². The van der Waals surface area contributed by atoms with Gasteiger partial charge in [0.15, 0.2) is 16.3 Å². The average molecular weight is 477 g/mol. The molecule has 4 rings (SSSR count). The van der Waals surface area contributed by atoms with E-state index in [9.17, 15) is 9.59 Å². The number of rotatable bonds is 4. The fourth-order valence-electron chi connectivity index (χ4n) is 2.96. The highest BCUT2D eigenvalue weighted by molar-refractivity contribution is 9.10. The maximum absolute atomic E-state index is 12.7. The summed E-state index contributed by atoms with van der Waals surface area (Å²) in [4.78, 5) is 29.2. The van der Waals surface area contributed by atoms with Gasteiger partial charge >= 0.3 is 5.97 Å². The van der Waals surface area contributed by atoms with Gasteiger partial charge in [0.2, 0.25) is 0 Å². The van der Waals surface area contributed by atoms with Crippen molar-refractivity contribution in [2.45, 2.75) is 13.0 Å². The molecule has 7 nitrogen and oxygen atoms in total. The molecular weight excluding hydrogens is 460 g/mol. The molecule has 0 saturated heterocycles. The first kappa shape index (κ1) is 19.7. The lowest BCUT2D eigenvalue weighted by molar-refractivity contribution is -0.140. The molecule has 0 N–H and O–H groups in total. The van der Waals surface area contributed by atoms with Crippen molar-refractivity contribution in [3.63, 3.8) is 0 Å². The van der Waals surface area contributed by atoms with Gasteiger partial charge in [-0.2, -0.15) is 4.99 Å². The van der Waals surface area contributed by atoms with Crippen LogP contribution in [0.1, 0.15) is 16.8 Å². The Kier molecular flexibility index (Phi) is 5.68. The molecule has 1 aliphatic heterocycles. The monoisotopic (exact) mass is 476 g/mol. The van der Waals surface area contributed by atoms with Crippen LogP contribution in [0.15, 0.2) is 45.9 Å². The van der Waals surface area contributed by atoms with Crippen LogP contribution in [0.2, 0.25) is 0 Å². The predicted octanol–water partition coefficient (Wildman–Crippen LogP) is 3.54. The van der Waals surface area contributed by atoms with E-state index in [1.54, 1.807) is 24.3 Å². The van der Waals surface area contributed by atoms with Crippen LogP contribution in [0.5, 0.6) is 11.5 Å². The first-order chi connectivity index (χ1) is 14.0. The molecule has 0 bridgehead atoms. The van der Waals surface area contributed by atoms with Gasteiger partial charge in [-0.05, 0) is 24.3 Å². The highest BCUT2D eigenvalue weighted by atomic mass is 79.9. The second-order valence-corrected chi connectivity index (χ2v) is 8.17. The van der Waals surface area contributed by atoms with Gasteiger partial charge in [-0.25, -0.2) is 0 Å². The lowest BCUT2D eigenvalue weighted by atomic mass is 10.2. The molecule has 2 heterocycles. The molecular formula is C20H17BrN2O5S. The van der Waals surface area contributed by atoms with Gasteiger partial charge < -0.3 is 18.8 Å². The maximum atomic E-state index is 12.7. The van der Waals surface area contributed by atoms with E-state index in [0.717, 1.165) is 14.7 Å². The van der Waals surface area contributed by atoms with Crippen molar-refractivity contribution in [2.75, 3.05) is 20.3 Å². The van der Waals surface area contributed by atoms with E-state index in [0.29, 0.717) is 41.6 Å². The lowest BCUT2D eigenvalue weighted by Gasteiger charge is -2.18. The minimum atomic E-state index is -0.354. The molecule has 0 unspecified atom stereocenters. The van der Waals surface area contributed by atoms with Crippen LogP contribution < -0.4 is 14.3 Å².